The average Bonchev–Trinajstić information content (AvgIpc) is 2.40. The fraction of sp³-hybridized carbons (Fsp3) is 0.889. The fourth-order valence-corrected chi connectivity index (χ4v) is 1.67. The Morgan fingerprint density at radius 1 is 0.469 bits per heavy atom. The predicted molar refractivity (Wildman–Crippen MR) is 52.7 cm³/mol. The van der Waals surface area contributed by atoms with Gasteiger partial charge >= 0.3 is 54.9 Å². The standard InChI is InChI=1S/C9F20N2O/c10-1(32)2(11,12)30(8(24,25)26)5(18,19)3(13,14)6(20,21)31(9(27,28)29)7(22,23)4(15,16)17. The topological polar surface area (TPSA) is 23.6 Å². The van der Waals surface area contributed by atoms with Gasteiger partial charge in [-0.3, -0.25) is 4.79 Å². The van der Waals surface area contributed by atoms with Crippen molar-refractivity contribution in [2.75, 3.05) is 0 Å². The molecule has 0 spiro atoms. The van der Waals surface area contributed by atoms with E-state index in [1.54, 1.807) is 0 Å². The summed E-state index contributed by atoms with van der Waals surface area (Å²) in [6.45, 7) is 0. The highest BCUT2D eigenvalue weighted by molar-refractivity contribution is 5.75. The summed E-state index contributed by atoms with van der Waals surface area (Å²) in [6, 6.07) is -38.4. The van der Waals surface area contributed by atoms with Crippen molar-refractivity contribution in [1.82, 2.24) is 9.80 Å². The second-order valence-corrected chi connectivity index (χ2v) is 5.12. The lowest BCUT2D eigenvalue weighted by Crippen LogP contribution is -2.77. The zero-order chi connectivity index (χ0) is 26.7. The number of rotatable bonds is 7. The van der Waals surface area contributed by atoms with Gasteiger partial charge in [-0.2, -0.15) is 87.8 Å². The monoisotopic (exact) mass is 532 g/mol. The molecular formula is C9F20N2O. The van der Waals surface area contributed by atoms with Crippen molar-refractivity contribution < 1.29 is 92.6 Å². The van der Waals surface area contributed by atoms with Gasteiger partial charge in [0.05, 0.1) is 0 Å². The third-order valence-electron chi connectivity index (χ3n) is 2.96. The molecule has 0 bridgehead atoms. The van der Waals surface area contributed by atoms with Gasteiger partial charge in [0.15, 0.2) is 0 Å². The zero-order valence-electron chi connectivity index (χ0n) is 13.4. The van der Waals surface area contributed by atoms with Crippen LogP contribution in [0.5, 0.6) is 0 Å². The Balaban J connectivity index is 7.23. The van der Waals surface area contributed by atoms with E-state index in [9.17, 15) is 92.6 Å². The molecule has 0 radical (unpaired) electrons. The molecule has 0 unspecified atom stereocenters. The third-order valence-corrected chi connectivity index (χ3v) is 2.96. The van der Waals surface area contributed by atoms with Crippen LogP contribution in [0, 0.1) is 0 Å². The van der Waals surface area contributed by atoms with Gasteiger partial charge < -0.3 is 0 Å². The normalized spacial score (nSPS) is 16.2. The molecule has 32 heavy (non-hydrogen) atoms. The lowest BCUT2D eigenvalue weighted by molar-refractivity contribution is -0.518. The number of hydrogen-bond acceptors (Lipinski definition) is 3. The molecule has 192 valence electrons. The van der Waals surface area contributed by atoms with Gasteiger partial charge in [0.25, 0.3) is 0 Å². The first kappa shape index (κ1) is 30.2. The molecular weight excluding hydrogens is 532 g/mol. The maximum absolute atomic E-state index is 13.4. The van der Waals surface area contributed by atoms with E-state index in [0.717, 1.165) is 0 Å². The van der Waals surface area contributed by atoms with Crippen molar-refractivity contribution in [1.29, 1.82) is 0 Å². The molecule has 0 saturated heterocycles. The first-order chi connectivity index (χ1) is 13.4. The fourth-order valence-electron chi connectivity index (χ4n) is 1.67. The number of carbonyl (C=O) groups excluding carboxylic acids is 1. The van der Waals surface area contributed by atoms with Crippen LogP contribution in [0.1, 0.15) is 0 Å². The number of halogens is 20. The SMILES string of the molecule is O=C(F)C(F)(F)N(C(F)(F)F)C(F)(F)C(F)(F)C(F)(F)N(C(F)(F)F)C(F)(F)C(F)(F)F. The highest BCUT2D eigenvalue weighted by atomic mass is 19.4. The van der Waals surface area contributed by atoms with Crippen molar-refractivity contribution in [2.45, 2.75) is 48.9 Å². The molecule has 0 aliphatic carbocycles. The minimum atomic E-state index is -8.92. The Morgan fingerprint density at radius 3 is 0.969 bits per heavy atom. The van der Waals surface area contributed by atoms with Gasteiger partial charge in [-0.05, 0) is 0 Å². The number of hydrogen-bond donors (Lipinski definition) is 0. The zero-order valence-corrected chi connectivity index (χ0v) is 13.4. The molecule has 23 heteroatoms. The first-order valence-electron chi connectivity index (χ1n) is 6.33. The lowest BCUT2D eigenvalue weighted by Gasteiger charge is -2.45. The van der Waals surface area contributed by atoms with E-state index >= 15 is 0 Å². The summed E-state index contributed by atoms with van der Waals surface area (Å²) >= 11 is 0. The second kappa shape index (κ2) is 7.62. The molecule has 0 aliphatic heterocycles. The Labute approximate surface area is 159 Å². The predicted octanol–water partition coefficient (Wildman–Crippen LogP) is 5.69. The van der Waals surface area contributed by atoms with Gasteiger partial charge in [0.1, 0.15) is 0 Å². The van der Waals surface area contributed by atoms with Crippen molar-refractivity contribution in [3.63, 3.8) is 0 Å². The van der Waals surface area contributed by atoms with Crippen LogP contribution < -0.4 is 0 Å². The van der Waals surface area contributed by atoms with Crippen LogP contribution in [0.25, 0.3) is 0 Å². The second-order valence-electron chi connectivity index (χ2n) is 5.12. The molecule has 0 amide bonds. The third kappa shape index (κ3) is 4.62. The molecule has 0 aromatic carbocycles. The van der Waals surface area contributed by atoms with E-state index in [0.29, 0.717) is 0 Å². The van der Waals surface area contributed by atoms with Crippen LogP contribution in [0.3, 0.4) is 0 Å². The van der Waals surface area contributed by atoms with Gasteiger partial charge in [0.2, 0.25) is 0 Å². The first-order valence-corrected chi connectivity index (χ1v) is 6.33. The van der Waals surface area contributed by atoms with E-state index in [1.807, 2.05) is 0 Å². The van der Waals surface area contributed by atoms with Crippen LogP contribution in [0.15, 0.2) is 0 Å². The molecule has 0 aliphatic rings. The van der Waals surface area contributed by atoms with E-state index in [1.165, 1.54) is 0 Å². The summed E-state index contributed by atoms with van der Waals surface area (Å²) in [5, 5.41) is 0. The summed E-state index contributed by atoms with van der Waals surface area (Å²) in [4.78, 5) is 0.105. The van der Waals surface area contributed by atoms with Gasteiger partial charge in [-0.15, -0.1) is 0 Å². The van der Waals surface area contributed by atoms with Gasteiger partial charge in [-0.1, -0.05) is 9.80 Å². The summed E-state index contributed by atoms with van der Waals surface area (Å²) < 4.78 is 254. The Bertz CT molecular complexity index is 699. The summed E-state index contributed by atoms with van der Waals surface area (Å²) in [5.41, 5.74) is 0. The van der Waals surface area contributed by atoms with Crippen molar-refractivity contribution in [2.24, 2.45) is 0 Å². The van der Waals surface area contributed by atoms with Crippen LogP contribution in [-0.4, -0.2) is 64.7 Å². The quantitative estimate of drug-likeness (QED) is 0.239. The molecule has 0 fully saturated rings. The molecule has 0 rings (SSSR count). The molecule has 3 nitrogen and oxygen atoms in total. The van der Waals surface area contributed by atoms with Crippen molar-refractivity contribution in [3.05, 3.63) is 0 Å². The molecule has 0 aromatic heterocycles. The summed E-state index contributed by atoms with van der Waals surface area (Å²) in [7, 11) is 0. The Hall–Kier alpha value is -1.81. The molecule has 0 saturated carbocycles. The maximum atomic E-state index is 13.4. The molecule has 0 aromatic rings. The molecule has 0 atom stereocenters. The summed E-state index contributed by atoms with van der Waals surface area (Å²) in [5.74, 6) is -8.92. The minimum absolute atomic E-state index is 4.69. The highest BCUT2D eigenvalue weighted by Gasteiger charge is 2.89. The van der Waals surface area contributed by atoms with Gasteiger partial charge in [-0.25, -0.2) is 0 Å². The van der Waals surface area contributed by atoms with E-state index in [2.05, 4.69) is 0 Å². The van der Waals surface area contributed by atoms with Crippen molar-refractivity contribution >= 4 is 6.04 Å². The Kier molecular flexibility index (Phi) is 7.18. The summed E-state index contributed by atoms with van der Waals surface area (Å²) in [6.07, 6.45) is -24.0. The largest absolute Gasteiger partial charge is 0.470 e. The highest BCUT2D eigenvalue weighted by Crippen LogP contribution is 2.59. The number of carbonyl (C=O) groups is 1. The van der Waals surface area contributed by atoms with Crippen LogP contribution in [0.2, 0.25) is 0 Å². The molecule has 0 N–H and O–H groups in total. The number of alkyl halides is 19. The minimum Gasteiger partial charge on any atom is -0.252 e. The average molecular weight is 532 g/mol. The Morgan fingerprint density at radius 2 is 0.750 bits per heavy atom. The van der Waals surface area contributed by atoms with E-state index in [-0.39, 0.29) is 0 Å². The number of nitrogens with zero attached hydrogens (tertiary/aromatic N) is 2. The van der Waals surface area contributed by atoms with Crippen LogP contribution >= 0.6 is 0 Å². The van der Waals surface area contributed by atoms with E-state index in [4.69, 9.17) is 0 Å². The van der Waals surface area contributed by atoms with Crippen LogP contribution in [-0.2, 0) is 4.79 Å². The van der Waals surface area contributed by atoms with Gasteiger partial charge in [0, 0.05) is 0 Å². The van der Waals surface area contributed by atoms with E-state index < -0.39 is 64.7 Å². The van der Waals surface area contributed by atoms with Crippen LogP contribution in [0.4, 0.5) is 87.8 Å². The van der Waals surface area contributed by atoms with Crippen molar-refractivity contribution in [3.8, 4) is 0 Å². The lowest BCUT2D eigenvalue weighted by atomic mass is 10.1. The maximum Gasteiger partial charge on any atom is 0.470 e. The molecule has 0 heterocycles. The smallest absolute Gasteiger partial charge is 0.252 e.